The molecular weight excluding hydrogens is 286 g/mol. The van der Waals surface area contributed by atoms with E-state index in [4.69, 9.17) is 0 Å². The Morgan fingerprint density at radius 3 is 2.23 bits per heavy atom. The lowest BCUT2D eigenvalue weighted by atomic mass is 10.1. The van der Waals surface area contributed by atoms with Crippen LogP contribution in [0.25, 0.3) is 0 Å². The van der Waals surface area contributed by atoms with Crippen LogP contribution in [0.3, 0.4) is 0 Å². The topological polar surface area (TPSA) is 83.1 Å². The molecule has 0 spiro atoms. The predicted octanol–water partition coefficient (Wildman–Crippen LogP) is -0.849. The summed E-state index contributed by atoms with van der Waals surface area (Å²) in [6, 6.07) is 0. The predicted molar refractivity (Wildman–Crippen MR) is 84.5 cm³/mol. The summed E-state index contributed by atoms with van der Waals surface area (Å²) in [5, 5.41) is 16.6. The SMILES string of the molecule is CCC(=NN1CCN(C)CC1)c1c(O)n(C)c(=O)n(C)c1=O. The molecule has 1 aliphatic rings. The smallest absolute Gasteiger partial charge is 0.333 e. The molecular formula is C14H23N5O3. The van der Waals surface area contributed by atoms with Crippen molar-refractivity contribution in [3.63, 3.8) is 0 Å². The Hall–Kier alpha value is -2.09. The summed E-state index contributed by atoms with van der Waals surface area (Å²) in [7, 11) is 4.89. The Morgan fingerprint density at radius 2 is 1.68 bits per heavy atom. The minimum Gasteiger partial charge on any atom is -0.494 e. The number of hydrazone groups is 1. The van der Waals surface area contributed by atoms with Gasteiger partial charge in [-0.25, -0.2) is 4.79 Å². The molecule has 0 atom stereocenters. The average molecular weight is 309 g/mol. The number of aromatic nitrogens is 2. The van der Waals surface area contributed by atoms with Crippen LogP contribution >= 0.6 is 0 Å². The van der Waals surface area contributed by atoms with Crippen LogP contribution in [0, 0.1) is 0 Å². The summed E-state index contributed by atoms with van der Waals surface area (Å²) >= 11 is 0. The van der Waals surface area contributed by atoms with Crippen LogP contribution in [0.2, 0.25) is 0 Å². The van der Waals surface area contributed by atoms with Gasteiger partial charge in [-0.15, -0.1) is 0 Å². The summed E-state index contributed by atoms with van der Waals surface area (Å²) in [6.45, 7) is 5.22. The highest BCUT2D eigenvalue weighted by atomic mass is 16.3. The molecule has 0 aromatic carbocycles. The molecule has 1 fully saturated rings. The second-order valence-corrected chi connectivity index (χ2v) is 5.56. The molecule has 0 bridgehead atoms. The van der Waals surface area contributed by atoms with Gasteiger partial charge >= 0.3 is 5.69 Å². The van der Waals surface area contributed by atoms with Crippen molar-refractivity contribution < 1.29 is 5.11 Å². The van der Waals surface area contributed by atoms with E-state index in [1.807, 2.05) is 11.9 Å². The van der Waals surface area contributed by atoms with Crippen molar-refractivity contribution in [1.82, 2.24) is 19.0 Å². The normalized spacial score (nSPS) is 17.1. The third-order valence-electron chi connectivity index (χ3n) is 4.00. The van der Waals surface area contributed by atoms with E-state index in [2.05, 4.69) is 17.0 Å². The maximum Gasteiger partial charge on any atom is 0.333 e. The molecule has 22 heavy (non-hydrogen) atoms. The molecule has 1 aromatic rings. The molecule has 1 saturated heterocycles. The van der Waals surface area contributed by atoms with Crippen LogP contribution in [-0.4, -0.2) is 63.1 Å². The molecule has 0 saturated carbocycles. The molecule has 122 valence electrons. The highest BCUT2D eigenvalue weighted by Crippen LogP contribution is 2.13. The number of piperazine rings is 1. The highest BCUT2D eigenvalue weighted by molar-refractivity contribution is 6.01. The van der Waals surface area contributed by atoms with E-state index in [1.54, 1.807) is 0 Å². The van der Waals surface area contributed by atoms with E-state index in [0.717, 1.165) is 35.3 Å². The van der Waals surface area contributed by atoms with Gasteiger partial charge in [0.15, 0.2) is 0 Å². The van der Waals surface area contributed by atoms with Crippen LogP contribution in [0.15, 0.2) is 14.7 Å². The van der Waals surface area contributed by atoms with Gasteiger partial charge < -0.3 is 10.0 Å². The van der Waals surface area contributed by atoms with Crippen LogP contribution < -0.4 is 11.2 Å². The number of nitrogens with zero attached hydrogens (tertiary/aromatic N) is 5. The summed E-state index contributed by atoms with van der Waals surface area (Å²) < 4.78 is 2.05. The van der Waals surface area contributed by atoms with Crippen LogP contribution in [-0.2, 0) is 14.1 Å². The quantitative estimate of drug-likeness (QED) is 0.736. The lowest BCUT2D eigenvalue weighted by Gasteiger charge is -2.31. The molecule has 0 unspecified atom stereocenters. The van der Waals surface area contributed by atoms with Gasteiger partial charge in [0.25, 0.3) is 5.56 Å². The van der Waals surface area contributed by atoms with Crippen LogP contribution in [0.1, 0.15) is 18.9 Å². The Morgan fingerprint density at radius 1 is 1.09 bits per heavy atom. The van der Waals surface area contributed by atoms with Gasteiger partial charge in [-0.2, -0.15) is 5.10 Å². The third kappa shape index (κ3) is 2.92. The summed E-state index contributed by atoms with van der Waals surface area (Å²) in [5.41, 5.74) is -0.471. The Labute approximate surface area is 128 Å². The van der Waals surface area contributed by atoms with E-state index in [9.17, 15) is 14.7 Å². The minimum absolute atomic E-state index is 0.103. The molecule has 0 radical (unpaired) electrons. The van der Waals surface area contributed by atoms with Gasteiger partial charge in [0.2, 0.25) is 5.88 Å². The van der Waals surface area contributed by atoms with Crippen molar-refractivity contribution in [1.29, 1.82) is 0 Å². The van der Waals surface area contributed by atoms with Crippen molar-refractivity contribution in [2.45, 2.75) is 13.3 Å². The van der Waals surface area contributed by atoms with Crippen molar-refractivity contribution >= 4 is 5.71 Å². The third-order valence-corrected chi connectivity index (χ3v) is 4.00. The first-order valence-electron chi connectivity index (χ1n) is 7.37. The van der Waals surface area contributed by atoms with Gasteiger partial charge in [-0.05, 0) is 13.5 Å². The second kappa shape index (κ2) is 6.35. The Kier molecular flexibility index (Phi) is 4.70. The number of aromatic hydroxyl groups is 1. The van der Waals surface area contributed by atoms with Crippen molar-refractivity contribution in [3.05, 3.63) is 26.4 Å². The lowest BCUT2D eigenvalue weighted by Crippen LogP contribution is -2.43. The maximum absolute atomic E-state index is 12.3. The second-order valence-electron chi connectivity index (χ2n) is 5.56. The fraction of sp³-hybridized carbons (Fsp3) is 0.643. The Balaban J connectivity index is 2.48. The molecule has 2 heterocycles. The average Bonchev–Trinajstić information content (AvgIpc) is 2.52. The number of likely N-dealkylation sites (N-methyl/N-ethyl adjacent to an activating group) is 1. The van der Waals surface area contributed by atoms with Crippen molar-refractivity contribution in [2.24, 2.45) is 19.2 Å². The van der Waals surface area contributed by atoms with Crippen LogP contribution in [0.4, 0.5) is 0 Å². The van der Waals surface area contributed by atoms with E-state index < -0.39 is 11.2 Å². The molecule has 2 rings (SSSR count). The van der Waals surface area contributed by atoms with Gasteiger partial charge in [0, 0.05) is 40.3 Å². The number of hydrogen-bond donors (Lipinski definition) is 1. The van der Waals surface area contributed by atoms with Crippen molar-refractivity contribution in [2.75, 3.05) is 33.2 Å². The molecule has 8 nitrogen and oxygen atoms in total. The molecule has 0 amide bonds. The molecule has 1 aliphatic heterocycles. The van der Waals surface area contributed by atoms with E-state index in [0.29, 0.717) is 12.1 Å². The highest BCUT2D eigenvalue weighted by Gasteiger charge is 2.21. The van der Waals surface area contributed by atoms with E-state index in [1.165, 1.54) is 14.1 Å². The first-order valence-corrected chi connectivity index (χ1v) is 7.37. The van der Waals surface area contributed by atoms with Crippen LogP contribution in [0.5, 0.6) is 5.88 Å². The zero-order valence-corrected chi connectivity index (χ0v) is 13.5. The maximum atomic E-state index is 12.3. The molecule has 1 N–H and O–H groups in total. The van der Waals surface area contributed by atoms with Gasteiger partial charge in [0.05, 0.1) is 5.71 Å². The fourth-order valence-electron chi connectivity index (χ4n) is 2.45. The molecule has 1 aromatic heterocycles. The van der Waals surface area contributed by atoms with Crippen molar-refractivity contribution in [3.8, 4) is 5.88 Å². The number of rotatable bonds is 3. The largest absolute Gasteiger partial charge is 0.494 e. The van der Waals surface area contributed by atoms with Gasteiger partial charge in [0.1, 0.15) is 5.56 Å². The van der Waals surface area contributed by atoms with E-state index in [-0.39, 0.29) is 11.4 Å². The zero-order chi connectivity index (χ0) is 16.4. The standard InChI is InChI=1S/C14H23N5O3/c1-5-10(15-19-8-6-16(2)7-9-19)11-12(20)17(3)14(22)18(4)13(11)21/h20H,5-9H2,1-4H3. The fourth-order valence-corrected chi connectivity index (χ4v) is 2.45. The zero-order valence-electron chi connectivity index (χ0n) is 13.5. The Bertz CT molecular complexity index is 696. The summed E-state index contributed by atoms with van der Waals surface area (Å²) in [6.07, 6.45) is 0.493. The van der Waals surface area contributed by atoms with Gasteiger partial charge in [-0.1, -0.05) is 6.92 Å². The monoisotopic (exact) mass is 309 g/mol. The summed E-state index contributed by atoms with van der Waals surface area (Å²) in [4.78, 5) is 26.4. The summed E-state index contributed by atoms with van der Waals surface area (Å²) in [5.74, 6) is -0.331. The number of hydrogen-bond acceptors (Lipinski definition) is 6. The first kappa shape index (κ1) is 16.3. The van der Waals surface area contributed by atoms with Gasteiger partial charge in [-0.3, -0.25) is 18.9 Å². The molecule has 8 heteroatoms. The molecule has 0 aliphatic carbocycles. The lowest BCUT2D eigenvalue weighted by molar-refractivity contribution is 0.159. The first-order chi connectivity index (χ1) is 10.4. The van der Waals surface area contributed by atoms with E-state index >= 15 is 0 Å². The minimum atomic E-state index is -0.554.